The fourth-order valence-electron chi connectivity index (χ4n) is 1.61. The van der Waals surface area contributed by atoms with E-state index in [9.17, 15) is 9.90 Å². The Kier molecular flexibility index (Phi) is 4.03. The quantitative estimate of drug-likeness (QED) is 0.695. The van der Waals surface area contributed by atoms with E-state index in [2.05, 4.69) is 36.3 Å². The lowest BCUT2D eigenvalue weighted by molar-refractivity contribution is 0.102. The molecule has 0 unspecified atom stereocenters. The highest BCUT2D eigenvalue weighted by Crippen LogP contribution is 2.23. The van der Waals surface area contributed by atoms with E-state index < -0.39 is 0 Å². The molecule has 0 bridgehead atoms. The second-order valence-corrected chi connectivity index (χ2v) is 6.70. The zero-order valence-corrected chi connectivity index (χ0v) is 13.6. The van der Waals surface area contributed by atoms with Crippen LogP contribution in [0, 0.1) is 3.57 Å². The number of nitrogens with zero attached hydrogens (tertiary/aromatic N) is 1. The van der Waals surface area contributed by atoms with Crippen LogP contribution in [0.2, 0.25) is 0 Å². The van der Waals surface area contributed by atoms with Crippen molar-refractivity contribution in [2.45, 2.75) is 26.2 Å². The lowest BCUT2D eigenvalue weighted by atomic mass is 9.92. The third-order valence-corrected chi connectivity index (χ3v) is 3.75. The molecule has 1 aromatic carbocycles. The summed E-state index contributed by atoms with van der Waals surface area (Å²) < 4.78 is 0.703. The molecule has 106 valence electrons. The monoisotopic (exact) mass is 385 g/mol. The Labute approximate surface area is 130 Å². The first-order valence-electron chi connectivity index (χ1n) is 6.13. The molecule has 0 spiro atoms. The first-order valence-corrected chi connectivity index (χ1v) is 7.21. The molecule has 6 heteroatoms. The van der Waals surface area contributed by atoms with Gasteiger partial charge in [0.2, 0.25) is 0 Å². The van der Waals surface area contributed by atoms with Crippen LogP contribution in [0.15, 0.2) is 24.3 Å². The number of H-pyrrole nitrogens is 1. The van der Waals surface area contributed by atoms with Crippen LogP contribution in [0.3, 0.4) is 0 Å². The topological polar surface area (TPSA) is 78.0 Å². The molecular formula is C14H16IN3O2. The lowest BCUT2D eigenvalue weighted by Gasteiger charge is -2.14. The van der Waals surface area contributed by atoms with Crippen LogP contribution in [0.25, 0.3) is 0 Å². The summed E-state index contributed by atoms with van der Waals surface area (Å²) in [7, 11) is 0. The molecule has 0 saturated heterocycles. The van der Waals surface area contributed by atoms with E-state index in [0.29, 0.717) is 15.0 Å². The van der Waals surface area contributed by atoms with Crippen LogP contribution in [0.4, 0.5) is 5.82 Å². The molecule has 0 saturated carbocycles. The van der Waals surface area contributed by atoms with Gasteiger partial charge >= 0.3 is 0 Å². The molecule has 1 amide bonds. The number of phenols is 1. The summed E-state index contributed by atoms with van der Waals surface area (Å²) in [6.45, 7) is 6.18. The number of carbonyl (C=O) groups is 1. The Balaban J connectivity index is 2.15. The van der Waals surface area contributed by atoms with E-state index >= 15 is 0 Å². The average Bonchev–Trinajstić information content (AvgIpc) is 2.81. The second-order valence-electron chi connectivity index (χ2n) is 5.54. The third-order valence-electron chi connectivity index (χ3n) is 2.84. The van der Waals surface area contributed by atoms with E-state index in [1.165, 1.54) is 6.07 Å². The second kappa shape index (κ2) is 5.43. The molecule has 0 aliphatic carbocycles. The molecule has 3 N–H and O–H groups in total. The van der Waals surface area contributed by atoms with Crippen LogP contribution in [-0.2, 0) is 5.41 Å². The van der Waals surface area contributed by atoms with Crippen molar-refractivity contribution in [1.29, 1.82) is 0 Å². The molecule has 1 aromatic heterocycles. The maximum atomic E-state index is 12.1. The predicted octanol–water partition coefficient (Wildman–Crippen LogP) is 3.27. The van der Waals surface area contributed by atoms with Crippen molar-refractivity contribution in [2.24, 2.45) is 0 Å². The Morgan fingerprint density at radius 1 is 1.35 bits per heavy atom. The van der Waals surface area contributed by atoms with Crippen molar-refractivity contribution in [1.82, 2.24) is 10.2 Å². The molecular weight excluding hydrogens is 369 g/mol. The molecule has 0 atom stereocenters. The maximum absolute atomic E-state index is 12.1. The summed E-state index contributed by atoms with van der Waals surface area (Å²) in [6, 6.07) is 6.60. The number of aromatic hydroxyl groups is 1. The first-order chi connectivity index (χ1) is 9.27. The van der Waals surface area contributed by atoms with E-state index in [0.717, 1.165) is 5.69 Å². The smallest absolute Gasteiger partial charge is 0.256 e. The van der Waals surface area contributed by atoms with E-state index in [1.807, 2.05) is 28.7 Å². The summed E-state index contributed by atoms with van der Waals surface area (Å²) in [4.78, 5) is 12.1. The van der Waals surface area contributed by atoms with Crippen LogP contribution in [0.1, 0.15) is 36.8 Å². The molecule has 0 radical (unpaired) electrons. The SMILES string of the molecule is CC(C)(C)c1cc(NC(=O)c2ccc(I)c(O)c2)n[nH]1. The molecule has 0 fully saturated rings. The molecule has 20 heavy (non-hydrogen) atoms. The highest BCUT2D eigenvalue weighted by molar-refractivity contribution is 14.1. The number of rotatable bonds is 2. The minimum Gasteiger partial charge on any atom is -0.507 e. The third kappa shape index (κ3) is 3.30. The van der Waals surface area contributed by atoms with Crippen molar-refractivity contribution in [2.75, 3.05) is 5.32 Å². The summed E-state index contributed by atoms with van der Waals surface area (Å²) in [6.07, 6.45) is 0. The van der Waals surface area contributed by atoms with Crippen molar-refractivity contribution in [3.05, 3.63) is 39.1 Å². The highest BCUT2D eigenvalue weighted by atomic mass is 127. The maximum Gasteiger partial charge on any atom is 0.256 e. The van der Waals surface area contributed by atoms with Gasteiger partial charge in [-0.1, -0.05) is 20.8 Å². The number of carbonyl (C=O) groups excluding carboxylic acids is 1. The largest absolute Gasteiger partial charge is 0.507 e. The minimum atomic E-state index is -0.302. The standard InChI is InChI=1S/C14H16IN3O2/c1-14(2,3)11-7-12(18-17-11)16-13(20)8-4-5-9(15)10(19)6-8/h4-7,19H,1-3H3,(H2,16,17,18,20). The van der Waals surface area contributed by atoms with E-state index in [4.69, 9.17) is 0 Å². The van der Waals surface area contributed by atoms with Gasteiger partial charge in [0.25, 0.3) is 5.91 Å². The fraction of sp³-hybridized carbons (Fsp3) is 0.286. The van der Waals surface area contributed by atoms with Crippen molar-refractivity contribution in [3.63, 3.8) is 0 Å². The van der Waals surface area contributed by atoms with E-state index in [1.54, 1.807) is 12.1 Å². The van der Waals surface area contributed by atoms with Gasteiger partial charge in [0.05, 0.1) is 3.57 Å². The summed E-state index contributed by atoms with van der Waals surface area (Å²) in [5.41, 5.74) is 1.28. The number of phenolic OH excluding ortho intramolecular Hbond substituents is 1. The number of amides is 1. The molecule has 2 aromatic rings. The number of anilines is 1. The van der Waals surface area contributed by atoms with Gasteiger partial charge < -0.3 is 10.4 Å². The van der Waals surface area contributed by atoms with Gasteiger partial charge in [-0.3, -0.25) is 9.89 Å². The van der Waals surface area contributed by atoms with Gasteiger partial charge in [-0.05, 0) is 40.8 Å². The highest BCUT2D eigenvalue weighted by Gasteiger charge is 2.17. The van der Waals surface area contributed by atoms with Crippen LogP contribution >= 0.6 is 22.6 Å². The summed E-state index contributed by atoms with van der Waals surface area (Å²) in [5.74, 6) is 0.261. The molecule has 5 nitrogen and oxygen atoms in total. The molecule has 0 aliphatic rings. The predicted molar refractivity (Wildman–Crippen MR) is 86.1 cm³/mol. The molecule has 1 heterocycles. The number of aromatic amines is 1. The van der Waals surface area contributed by atoms with Crippen LogP contribution in [0.5, 0.6) is 5.75 Å². The van der Waals surface area contributed by atoms with Gasteiger partial charge in [0, 0.05) is 22.7 Å². The zero-order valence-electron chi connectivity index (χ0n) is 11.5. The number of benzene rings is 1. The summed E-state index contributed by atoms with van der Waals surface area (Å²) in [5, 5.41) is 19.3. The summed E-state index contributed by atoms with van der Waals surface area (Å²) >= 11 is 2.00. The number of aromatic nitrogens is 2. The zero-order chi connectivity index (χ0) is 14.9. The van der Waals surface area contributed by atoms with Crippen LogP contribution in [-0.4, -0.2) is 21.2 Å². The van der Waals surface area contributed by atoms with Gasteiger partial charge in [0.15, 0.2) is 5.82 Å². The fourth-order valence-corrected chi connectivity index (χ4v) is 1.95. The normalized spacial score (nSPS) is 11.4. The Morgan fingerprint density at radius 2 is 2.05 bits per heavy atom. The number of hydrogen-bond acceptors (Lipinski definition) is 3. The van der Waals surface area contributed by atoms with Crippen molar-refractivity contribution >= 4 is 34.3 Å². The van der Waals surface area contributed by atoms with Gasteiger partial charge in [-0.15, -0.1) is 0 Å². The Morgan fingerprint density at radius 3 is 2.60 bits per heavy atom. The first kappa shape index (κ1) is 14.8. The van der Waals surface area contributed by atoms with Gasteiger partial charge in [-0.25, -0.2) is 0 Å². The van der Waals surface area contributed by atoms with Crippen LogP contribution < -0.4 is 5.32 Å². The van der Waals surface area contributed by atoms with E-state index in [-0.39, 0.29) is 17.1 Å². The lowest BCUT2D eigenvalue weighted by Crippen LogP contribution is -2.12. The molecule has 0 aliphatic heterocycles. The Hall–Kier alpha value is -1.57. The number of halogens is 1. The van der Waals surface area contributed by atoms with Gasteiger partial charge in [0.1, 0.15) is 5.75 Å². The van der Waals surface area contributed by atoms with Crippen molar-refractivity contribution in [3.8, 4) is 5.75 Å². The number of nitrogens with one attached hydrogen (secondary N) is 2. The Bertz CT molecular complexity index is 644. The minimum absolute atomic E-state index is 0.0584. The number of hydrogen-bond donors (Lipinski definition) is 3. The molecule has 2 rings (SSSR count). The van der Waals surface area contributed by atoms with Gasteiger partial charge in [-0.2, -0.15) is 5.10 Å². The average molecular weight is 385 g/mol. The van der Waals surface area contributed by atoms with Crippen molar-refractivity contribution < 1.29 is 9.90 Å².